The first-order valence-electron chi connectivity index (χ1n) is 3.95. The van der Waals surface area contributed by atoms with E-state index in [1.165, 1.54) is 12.4 Å². The molecule has 0 unspecified atom stereocenters. The summed E-state index contributed by atoms with van der Waals surface area (Å²) in [6.07, 6.45) is 4.50. The van der Waals surface area contributed by atoms with Crippen molar-refractivity contribution in [3.8, 4) is 17.8 Å². The Labute approximate surface area is 81.0 Å². The number of nitriles is 1. The van der Waals surface area contributed by atoms with Gasteiger partial charge in [0.25, 0.3) is 0 Å². The quantitative estimate of drug-likeness (QED) is 0.712. The van der Waals surface area contributed by atoms with Gasteiger partial charge in [0.05, 0.1) is 0 Å². The second-order valence-corrected chi connectivity index (χ2v) is 2.52. The molecule has 0 saturated heterocycles. The molecular weight excluding hydrogens is 179 g/mol. The van der Waals surface area contributed by atoms with Crippen LogP contribution in [0, 0.1) is 11.3 Å². The van der Waals surface area contributed by atoms with E-state index in [0.29, 0.717) is 17.3 Å². The molecule has 2 aromatic heterocycles. The van der Waals surface area contributed by atoms with Crippen molar-refractivity contribution in [3.63, 3.8) is 0 Å². The summed E-state index contributed by atoms with van der Waals surface area (Å²) in [5.74, 6) is 2.46. The van der Waals surface area contributed by atoms with Gasteiger partial charge in [-0.25, -0.2) is 0 Å². The standard InChI is InChI=1S/C9H5BN2O2/c11-4-7-5-12-2-1-8(7)14-9-3-10-6-13-9/h1-3,5-6H. The average Bonchev–Trinajstić information content (AvgIpc) is 2.71. The van der Waals surface area contributed by atoms with Crippen molar-refractivity contribution in [2.75, 3.05) is 0 Å². The van der Waals surface area contributed by atoms with E-state index in [2.05, 4.69) is 4.98 Å². The van der Waals surface area contributed by atoms with Crippen molar-refractivity contribution in [1.82, 2.24) is 4.98 Å². The Morgan fingerprint density at radius 3 is 3.21 bits per heavy atom. The van der Waals surface area contributed by atoms with Crippen molar-refractivity contribution in [3.05, 3.63) is 36.1 Å². The van der Waals surface area contributed by atoms with Crippen LogP contribution in [0.5, 0.6) is 11.7 Å². The minimum atomic E-state index is 0.354. The van der Waals surface area contributed by atoms with Crippen molar-refractivity contribution in [1.29, 1.82) is 5.26 Å². The average molecular weight is 184 g/mol. The molecule has 0 spiro atoms. The van der Waals surface area contributed by atoms with Gasteiger partial charge in [0.2, 0.25) is 0 Å². The van der Waals surface area contributed by atoms with E-state index in [1.54, 1.807) is 25.1 Å². The molecule has 2 heterocycles. The zero-order valence-corrected chi connectivity index (χ0v) is 7.18. The van der Waals surface area contributed by atoms with Crippen LogP contribution in [0.15, 0.2) is 35.0 Å². The Bertz CT molecular complexity index is 462. The Hall–Kier alpha value is -2.09. The summed E-state index contributed by atoms with van der Waals surface area (Å²) < 4.78 is 10.3. The molecule has 0 aliphatic rings. The molecule has 5 heteroatoms. The van der Waals surface area contributed by atoms with Crippen LogP contribution in [-0.4, -0.2) is 11.9 Å². The summed E-state index contributed by atoms with van der Waals surface area (Å²) in [5.41, 5.74) is 0.379. The zero-order chi connectivity index (χ0) is 9.80. The molecule has 14 heavy (non-hydrogen) atoms. The second kappa shape index (κ2) is 3.75. The van der Waals surface area contributed by atoms with E-state index in [-0.39, 0.29) is 0 Å². The summed E-state index contributed by atoms with van der Waals surface area (Å²) in [5, 5.41) is 8.75. The number of hydrogen-bond acceptors (Lipinski definition) is 4. The van der Waals surface area contributed by atoms with Gasteiger partial charge in [0.15, 0.2) is 0 Å². The van der Waals surface area contributed by atoms with Gasteiger partial charge in [-0.1, -0.05) is 0 Å². The maximum atomic E-state index is 8.75. The molecule has 0 aliphatic heterocycles. The molecule has 2 aromatic rings. The predicted octanol–water partition coefficient (Wildman–Crippen LogP) is 1.68. The molecule has 0 fully saturated rings. The van der Waals surface area contributed by atoms with Crippen molar-refractivity contribution in [2.45, 2.75) is 0 Å². The van der Waals surface area contributed by atoms with Crippen molar-refractivity contribution in [2.24, 2.45) is 0 Å². The Morgan fingerprint density at radius 1 is 1.57 bits per heavy atom. The monoisotopic (exact) mass is 184 g/mol. The molecule has 0 amide bonds. The fraction of sp³-hybridized carbons (Fsp3) is 0. The molecule has 2 rings (SSSR count). The Kier molecular flexibility index (Phi) is 2.28. The molecule has 4 nitrogen and oxygen atoms in total. The molecule has 0 aliphatic carbocycles. The van der Waals surface area contributed by atoms with E-state index in [4.69, 9.17) is 14.4 Å². The molecule has 0 bridgehead atoms. The van der Waals surface area contributed by atoms with Crippen LogP contribution in [0.4, 0.5) is 0 Å². The SMILES string of the molecule is N#Cc1cnccc1Oc1cbco1. The topological polar surface area (TPSA) is 59.0 Å². The summed E-state index contributed by atoms with van der Waals surface area (Å²) in [4.78, 5) is 3.81. The molecule has 0 atom stereocenters. The first kappa shape index (κ1) is 8.51. The van der Waals surface area contributed by atoms with Crippen LogP contribution in [-0.2, 0) is 0 Å². The molecule has 0 saturated carbocycles. The molecular formula is C9H5BN2O2. The van der Waals surface area contributed by atoms with E-state index < -0.39 is 0 Å². The fourth-order valence-electron chi connectivity index (χ4n) is 0.985. The number of ether oxygens (including phenoxy) is 1. The van der Waals surface area contributed by atoms with Crippen LogP contribution in [0.3, 0.4) is 0 Å². The molecule has 0 N–H and O–H groups in total. The van der Waals surface area contributed by atoms with Gasteiger partial charge >= 0.3 is 80.2 Å². The van der Waals surface area contributed by atoms with Crippen LogP contribution in [0.2, 0.25) is 0 Å². The normalized spacial score (nSPS) is 9.07. The van der Waals surface area contributed by atoms with Crippen LogP contribution < -0.4 is 4.74 Å². The van der Waals surface area contributed by atoms with Gasteiger partial charge in [-0.2, -0.15) is 0 Å². The van der Waals surface area contributed by atoms with Gasteiger partial charge in [-0.05, 0) is 0 Å². The first-order chi connectivity index (χ1) is 6.90. The van der Waals surface area contributed by atoms with Crippen molar-refractivity contribution >= 4 is 6.91 Å². The Balaban J connectivity index is 2.30. The Morgan fingerprint density at radius 2 is 2.50 bits per heavy atom. The van der Waals surface area contributed by atoms with E-state index >= 15 is 0 Å². The van der Waals surface area contributed by atoms with Gasteiger partial charge in [0.1, 0.15) is 0 Å². The third kappa shape index (κ3) is 1.64. The van der Waals surface area contributed by atoms with E-state index in [9.17, 15) is 0 Å². The third-order valence-corrected chi connectivity index (χ3v) is 1.61. The molecule has 0 radical (unpaired) electrons. The number of pyridine rings is 1. The number of rotatable bonds is 2. The van der Waals surface area contributed by atoms with E-state index in [0.717, 1.165) is 0 Å². The molecule has 66 valence electrons. The van der Waals surface area contributed by atoms with Crippen LogP contribution in [0.1, 0.15) is 5.56 Å². The van der Waals surface area contributed by atoms with Gasteiger partial charge < -0.3 is 0 Å². The third-order valence-electron chi connectivity index (χ3n) is 1.61. The minimum absolute atomic E-state index is 0.354. The summed E-state index contributed by atoms with van der Waals surface area (Å²) in [7, 11) is 0. The maximum absolute atomic E-state index is 8.75. The van der Waals surface area contributed by atoms with Crippen molar-refractivity contribution < 1.29 is 9.15 Å². The number of hydrogen-bond donors (Lipinski definition) is 0. The molecule has 0 aromatic carbocycles. The summed E-state index contributed by atoms with van der Waals surface area (Å²) >= 11 is 0. The van der Waals surface area contributed by atoms with Gasteiger partial charge in [-0.15, -0.1) is 0 Å². The van der Waals surface area contributed by atoms with E-state index in [1.807, 2.05) is 6.07 Å². The number of nitrogens with zero attached hydrogens (tertiary/aromatic N) is 2. The van der Waals surface area contributed by atoms with Gasteiger partial charge in [-0.3, -0.25) is 0 Å². The van der Waals surface area contributed by atoms with Crippen LogP contribution in [0.25, 0.3) is 0 Å². The number of aromatic nitrogens is 1. The fourth-order valence-corrected chi connectivity index (χ4v) is 0.985. The summed E-state index contributed by atoms with van der Waals surface area (Å²) in [6, 6.07) is 3.59. The van der Waals surface area contributed by atoms with Gasteiger partial charge in [0, 0.05) is 0 Å². The predicted molar refractivity (Wildman–Crippen MR) is 49.1 cm³/mol. The second-order valence-electron chi connectivity index (χ2n) is 2.52. The first-order valence-corrected chi connectivity index (χ1v) is 3.95. The van der Waals surface area contributed by atoms with Crippen LogP contribution >= 0.6 is 0 Å². The zero-order valence-electron chi connectivity index (χ0n) is 7.18. The summed E-state index contributed by atoms with van der Waals surface area (Å²) in [6.45, 7) is 1.71.